The number of hydrogen-bond donors (Lipinski definition) is 2. The van der Waals surface area contributed by atoms with Gasteiger partial charge in [-0.1, -0.05) is 19.3 Å². The number of nitrogens with one attached hydrogen (secondary N) is 2. The Balaban J connectivity index is 1.33. The highest BCUT2D eigenvalue weighted by Gasteiger charge is 2.39. The molecule has 2 unspecified atom stereocenters. The van der Waals surface area contributed by atoms with E-state index in [4.69, 9.17) is 0 Å². The first-order valence-corrected chi connectivity index (χ1v) is 12.3. The maximum absolute atomic E-state index is 12.7. The van der Waals surface area contributed by atoms with E-state index in [-0.39, 0.29) is 17.6 Å². The Morgan fingerprint density at radius 2 is 1.77 bits per heavy atom. The number of hydrogen-bond acceptors (Lipinski definition) is 4. The lowest BCUT2D eigenvalue weighted by Gasteiger charge is -2.47. The van der Waals surface area contributed by atoms with Crippen molar-refractivity contribution in [3.63, 3.8) is 0 Å². The van der Waals surface area contributed by atoms with Crippen LogP contribution in [0.5, 0.6) is 0 Å². The molecule has 3 aliphatic heterocycles. The molecule has 2 N–H and O–H groups in total. The van der Waals surface area contributed by atoms with E-state index in [9.17, 15) is 9.59 Å². The Kier molecular flexibility index (Phi) is 6.06. The number of nitrogens with zero attached hydrogens (tertiary/aromatic N) is 3. The number of piperidine rings is 2. The Bertz CT molecular complexity index is 854. The number of rotatable bonds is 3. The minimum atomic E-state index is -0.126. The molecule has 2 atom stereocenters. The molecule has 7 heteroatoms. The second-order valence-corrected chi connectivity index (χ2v) is 10.3. The lowest BCUT2D eigenvalue weighted by molar-refractivity contribution is 0.0519. The van der Waals surface area contributed by atoms with E-state index in [0.29, 0.717) is 17.9 Å². The van der Waals surface area contributed by atoms with Crippen LogP contribution in [0.15, 0.2) is 16.9 Å². The number of aromatic nitrogens is 1. The molecule has 0 aromatic carbocycles. The van der Waals surface area contributed by atoms with Gasteiger partial charge >= 0.3 is 6.03 Å². The van der Waals surface area contributed by atoms with Crippen LogP contribution in [0.4, 0.5) is 10.5 Å². The van der Waals surface area contributed by atoms with Gasteiger partial charge in [-0.3, -0.25) is 9.69 Å². The molecule has 1 saturated carbocycles. The molecule has 2 bridgehead atoms. The second-order valence-electron chi connectivity index (χ2n) is 10.3. The highest BCUT2D eigenvalue weighted by molar-refractivity contribution is 5.90. The summed E-state index contributed by atoms with van der Waals surface area (Å²) in [5, 5.41) is 6.27. The van der Waals surface area contributed by atoms with Crippen molar-refractivity contribution in [2.24, 2.45) is 5.92 Å². The van der Waals surface area contributed by atoms with Crippen molar-refractivity contribution in [2.75, 3.05) is 38.5 Å². The van der Waals surface area contributed by atoms with Crippen LogP contribution in [0.1, 0.15) is 63.0 Å². The van der Waals surface area contributed by atoms with Crippen molar-refractivity contribution in [1.82, 2.24) is 19.7 Å². The van der Waals surface area contributed by atoms with E-state index < -0.39 is 0 Å². The zero-order valence-corrected chi connectivity index (χ0v) is 18.8. The molecule has 4 heterocycles. The van der Waals surface area contributed by atoms with Crippen molar-refractivity contribution >= 4 is 11.7 Å². The summed E-state index contributed by atoms with van der Waals surface area (Å²) in [4.78, 5) is 30.5. The number of carbonyl (C=O) groups is 1. The number of urea groups is 1. The molecule has 0 radical (unpaired) electrons. The Morgan fingerprint density at radius 3 is 2.55 bits per heavy atom. The van der Waals surface area contributed by atoms with Crippen LogP contribution in [0.2, 0.25) is 0 Å². The first kappa shape index (κ1) is 21.0. The summed E-state index contributed by atoms with van der Waals surface area (Å²) in [6.45, 7) is 5.19. The predicted octanol–water partition coefficient (Wildman–Crippen LogP) is 2.82. The van der Waals surface area contributed by atoms with Crippen molar-refractivity contribution in [1.29, 1.82) is 0 Å². The smallest absolute Gasteiger partial charge is 0.319 e. The van der Waals surface area contributed by atoms with Crippen LogP contribution >= 0.6 is 0 Å². The third-order valence-electron chi connectivity index (χ3n) is 8.01. The summed E-state index contributed by atoms with van der Waals surface area (Å²) >= 11 is 0. The fourth-order valence-electron chi connectivity index (χ4n) is 6.41. The number of likely N-dealkylation sites (tertiary alicyclic amines) is 2. The zero-order valence-electron chi connectivity index (χ0n) is 18.8. The minimum Gasteiger partial charge on any atom is -0.335 e. The number of fused-ring (bicyclic) bond motifs is 4. The van der Waals surface area contributed by atoms with Crippen LogP contribution < -0.4 is 16.2 Å². The van der Waals surface area contributed by atoms with Gasteiger partial charge in [-0.2, -0.15) is 0 Å². The molecule has 4 aliphatic rings. The molecule has 170 valence electrons. The zero-order chi connectivity index (χ0) is 21.4. The standard InChI is InChI=1S/C24H37N5O2/c1-27-11-9-20(10-12-27)28-14-17-13-18(16-28)23-21(7-8-22(30)29(23)15-17)26-24(31)25-19-5-3-2-4-6-19/h7-8,17-20H,2-6,9-16H2,1H3,(H2,25,26,31). The molecule has 1 aliphatic carbocycles. The third-order valence-corrected chi connectivity index (χ3v) is 8.01. The maximum atomic E-state index is 12.7. The maximum Gasteiger partial charge on any atom is 0.319 e. The SMILES string of the molecule is CN1CCC(N2CC3CC(C2)c2c(NC(=O)NC4CCCCC4)ccc(=O)n2C3)CC1. The first-order chi connectivity index (χ1) is 15.1. The number of pyridine rings is 1. The van der Waals surface area contributed by atoms with Gasteiger partial charge < -0.3 is 20.1 Å². The van der Waals surface area contributed by atoms with Crippen molar-refractivity contribution in [2.45, 2.75) is 75.9 Å². The molecule has 31 heavy (non-hydrogen) atoms. The highest BCUT2D eigenvalue weighted by atomic mass is 16.2. The monoisotopic (exact) mass is 427 g/mol. The van der Waals surface area contributed by atoms with E-state index in [0.717, 1.165) is 50.3 Å². The molecular weight excluding hydrogens is 390 g/mol. The quantitative estimate of drug-likeness (QED) is 0.778. The largest absolute Gasteiger partial charge is 0.335 e. The molecule has 0 spiro atoms. The summed E-state index contributed by atoms with van der Waals surface area (Å²) in [5.41, 5.74) is 1.93. The summed E-state index contributed by atoms with van der Waals surface area (Å²) < 4.78 is 1.95. The molecule has 5 rings (SSSR count). The van der Waals surface area contributed by atoms with E-state index in [2.05, 4.69) is 27.5 Å². The number of anilines is 1. The topological polar surface area (TPSA) is 69.6 Å². The summed E-state index contributed by atoms with van der Waals surface area (Å²) in [6.07, 6.45) is 9.36. The van der Waals surface area contributed by atoms with E-state index in [1.54, 1.807) is 6.07 Å². The molecular formula is C24H37N5O2. The van der Waals surface area contributed by atoms with Crippen LogP contribution in [0, 0.1) is 5.92 Å². The van der Waals surface area contributed by atoms with E-state index in [1.807, 2.05) is 10.6 Å². The van der Waals surface area contributed by atoms with Gasteiger partial charge in [0.1, 0.15) is 0 Å². The van der Waals surface area contributed by atoms with Crippen LogP contribution in [0.25, 0.3) is 0 Å². The highest BCUT2D eigenvalue weighted by Crippen LogP contribution is 2.40. The number of amides is 2. The van der Waals surface area contributed by atoms with Gasteiger partial charge in [0, 0.05) is 49.4 Å². The third kappa shape index (κ3) is 4.53. The van der Waals surface area contributed by atoms with Crippen molar-refractivity contribution < 1.29 is 4.79 Å². The molecule has 7 nitrogen and oxygen atoms in total. The van der Waals surface area contributed by atoms with E-state index in [1.165, 1.54) is 45.2 Å². The predicted molar refractivity (Wildman–Crippen MR) is 123 cm³/mol. The van der Waals surface area contributed by atoms with Gasteiger partial charge in [0.25, 0.3) is 5.56 Å². The summed E-state index contributed by atoms with van der Waals surface area (Å²) in [7, 11) is 2.21. The van der Waals surface area contributed by atoms with Gasteiger partial charge in [0.2, 0.25) is 0 Å². The summed E-state index contributed by atoms with van der Waals surface area (Å²) in [5.74, 6) is 0.834. The normalized spacial score (nSPS) is 28.2. The average Bonchev–Trinajstić information content (AvgIpc) is 2.77. The molecule has 3 fully saturated rings. The Labute approximate surface area is 185 Å². The average molecular weight is 428 g/mol. The van der Waals surface area contributed by atoms with Gasteiger partial charge in [0.15, 0.2) is 0 Å². The van der Waals surface area contributed by atoms with Crippen LogP contribution in [-0.2, 0) is 6.54 Å². The second kappa shape index (κ2) is 8.94. The van der Waals surface area contributed by atoms with Gasteiger partial charge in [0.05, 0.1) is 5.69 Å². The number of carbonyl (C=O) groups excluding carboxylic acids is 1. The van der Waals surface area contributed by atoms with Crippen molar-refractivity contribution in [3.05, 3.63) is 28.2 Å². The molecule has 2 saturated heterocycles. The molecule has 1 aromatic rings. The lowest BCUT2D eigenvalue weighted by Crippen LogP contribution is -2.53. The minimum absolute atomic E-state index is 0.0654. The van der Waals surface area contributed by atoms with Gasteiger partial charge in [-0.15, -0.1) is 0 Å². The van der Waals surface area contributed by atoms with E-state index >= 15 is 0 Å². The Morgan fingerprint density at radius 1 is 1.00 bits per heavy atom. The molecule has 1 aromatic heterocycles. The fraction of sp³-hybridized carbons (Fsp3) is 0.750. The van der Waals surface area contributed by atoms with Crippen LogP contribution in [-0.4, -0.2) is 65.7 Å². The van der Waals surface area contributed by atoms with Crippen LogP contribution in [0.3, 0.4) is 0 Å². The summed E-state index contributed by atoms with van der Waals surface area (Å²) in [6, 6.07) is 4.24. The van der Waals surface area contributed by atoms with Gasteiger partial charge in [-0.25, -0.2) is 4.79 Å². The first-order valence-electron chi connectivity index (χ1n) is 12.3. The Hall–Kier alpha value is -1.86. The van der Waals surface area contributed by atoms with Gasteiger partial charge in [-0.05, 0) is 64.2 Å². The molecule has 2 amide bonds. The lowest BCUT2D eigenvalue weighted by atomic mass is 9.81. The van der Waals surface area contributed by atoms with Crippen molar-refractivity contribution in [3.8, 4) is 0 Å². The fourth-order valence-corrected chi connectivity index (χ4v) is 6.41.